The molecule has 3 aromatic rings. The van der Waals surface area contributed by atoms with Gasteiger partial charge in [-0.15, -0.1) is 0 Å². The summed E-state index contributed by atoms with van der Waals surface area (Å²) >= 11 is 0. The smallest absolute Gasteiger partial charge is 0.333 e. The summed E-state index contributed by atoms with van der Waals surface area (Å²) < 4.78 is 3.23. The second-order valence-corrected chi connectivity index (χ2v) is 8.76. The van der Waals surface area contributed by atoms with Gasteiger partial charge in [0.15, 0.2) is 6.17 Å². The van der Waals surface area contributed by atoms with E-state index in [9.17, 15) is 4.79 Å². The van der Waals surface area contributed by atoms with E-state index in [-0.39, 0.29) is 11.9 Å². The number of nitrogens with one attached hydrogen (secondary N) is 1. The number of hydrogen-bond acceptors (Lipinski definition) is 6. The van der Waals surface area contributed by atoms with E-state index in [1.807, 2.05) is 62.5 Å². The Balaban J connectivity index is 1.57. The first kappa shape index (κ1) is 20.8. The maximum absolute atomic E-state index is 13.0. The van der Waals surface area contributed by atoms with Crippen molar-refractivity contribution in [3.63, 3.8) is 0 Å². The van der Waals surface area contributed by atoms with Gasteiger partial charge in [-0.2, -0.15) is 0 Å². The molecule has 4 heterocycles. The molecule has 0 radical (unpaired) electrons. The average Bonchev–Trinajstić information content (AvgIpc) is 3.12. The van der Waals surface area contributed by atoms with Gasteiger partial charge in [-0.1, -0.05) is 12.1 Å². The van der Waals surface area contributed by atoms with Crippen molar-refractivity contribution in [3.05, 3.63) is 88.9 Å². The fraction of sp³-hybridized carbons (Fsp3) is 0.200. The molecule has 0 spiro atoms. The third-order valence-corrected chi connectivity index (χ3v) is 5.77. The molecule has 2 aliphatic rings. The van der Waals surface area contributed by atoms with Gasteiger partial charge in [0.2, 0.25) is 0 Å². The van der Waals surface area contributed by atoms with Crippen LogP contribution in [0, 0.1) is 0 Å². The molecule has 5 rings (SSSR count). The molecule has 8 nitrogen and oxygen atoms in total. The van der Waals surface area contributed by atoms with E-state index < -0.39 is 5.54 Å². The number of dihydropyridines is 1. The van der Waals surface area contributed by atoms with Gasteiger partial charge in [-0.05, 0) is 55.3 Å². The number of nitrogens with zero attached hydrogens (tertiary/aromatic N) is 5. The van der Waals surface area contributed by atoms with Gasteiger partial charge in [0.1, 0.15) is 0 Å². The van der Waals surface area contributed by atoms with Gasteiger partial charge in [-0.25, -0.2) is 4.79 Å². The van der Waals surface area contributed by atoms with E-state index >= 15 is 0 Å². The van der Waals surface area contributed by atoms with Gasteiger partial charge in [0.25, 0.3) is 0 Å². The molecule has 1 unspecified atom stereocenters. The lowest BCUT2D eigenvalue weighted by Gasteiger charge is -2.20. The SMILES string of the molecule is Cn1cc(-c2cc(C3=CC4=NC=CNC4N=C3)ccn2)n(-c2ccc(C(C)(C)N)cc2)c1=O. The van der Waals surface area contributed by atoms with Gasteiger partial charge >= 0.3 is 5.69 Å². The molecule has 8 heteroatoms. The lowest BCUT2D eigenvalue weighted by atomic mass is 9.95. The van der Waals surface area contributed by atoms with Crippen LogP contribution < -0.4 is 16.7 Å². The Morgan fingerprint density at radius 3 is 2.70 bits per heavy atom. The fourth-order valence-electron chi connectivity index (χ4n) is 3.94. The molecular weight excluding hydrogens is 414 g/mol. The summed E-state index contributed by atoms with van der Waals surface area (Å²) in [5.41, 5.74) is 11.5. The van der Waals surface area contributed by atoms with Crippen molar-refractivity contribution in [2.75, 3.05) is 0 Å². The Morgan fingerprint density at radius 2 is 1.94 bits per heavy atom. The summed E-state index contributed by atoms with van der Waals surface area (Å²) in [5, 5.41) is 3.16. The number of pyridine rings is 1. The van der Waals surface area contributed by atoms with Crippen molar-refractivity contribution in [1.29, 1.82) is 0 Å². The Morgan fingerprint density at radius 1 is 1.15 bits per heavy atom. The zero-order valence-corrected chi connectivity index (χ0v) is 18.7. The first-order valence-electron chi connectivity index (χ1n) is 10.7. The molecule has 0 fully saturated rings. The number of aryl methyl sites for hydroxylation is 1. The third kappa shape index (κ3) is 3.85. The minimum atomic E-state index is -0.457. The van der Waals surface area contributed by atoms with Crippen molar-refractivity contribution in [1.82, 2.24) is 19.4 Å². The van der Waals surface area contributed by atoms with Gasteiger partial charge in [0.05, 0.1) is 22.8 Å². The largest absolute Gasteiger partial charge is 0.364 e. The van der Waals surface area contributed by atoms with Crippen LogP contribution in [0.5, 0.6) is 0 Å². The van der Waals surface area contributed by atoms with Crippen LogP contribution in [0.15, 0.2) is 82.0 Å². The predicted molar refractivity (Wildman–Crippen MR) is 131 cm³/mol. The highest BCUT2D eigenvalue weighted by Crippen LogP contribution is 2.26. The van der Waals surface area contributed by atoms with Gasteiger partial charge < -0.3 is 15.6 Å². The van der Waals surface area contributed by atoms with Crippen molar-refractivity contribution in [2.24, 2.45) is 22.8 Å². The summed E-state index contributed by atoms with van der Waals surface area (Å²) in [4.78, 5) is 26.5. The van der Waals surface area contributed by atoms with Crippen molar-refractivity contribution in [2.45, 2.75) is 25.6 Å². The van der Waals surface area contributed by atoms with E-state index in [0.29, 0.717) is 11.4 Å². The maximum atomic E-state index is 13.0. The van der Waals surface area contributed by atoms with Crippen molar-refractivity contribution in [3.8, 4) is 17.1 Å². The molecular formula is C25H25N7O. The zero-order valence-electron chi connectivity index (χ0n) is 18.7. The first-order chi connectivity index (χ1) is 15.8. The topological polar surface area (TPSA) is 103 Å². The predicted octanol–water partition coefficient (Wildman–Crippen LogP) is 2.74. The highest BCUT2D eigenvalue weighted by Gasteiger charge is 2.20. The molecule has 0 saturated carbocycles. The lowest BCUT2D eigenvalue weighted by Crippen LogP contribution is -2.34. The summed E-state index contributed by atoms with van der Waals surface area (Å²) in [5.74, 6) is 0. The van der Waals surface area contributed by atoms with Gasteiger partial charge in [0, 0.05) is 49.2 Å². The van der Waals surface area contributed by atoms with E-state index in [0.717, 1.165) is 28.1 Å². The quantitative estimate of drug-likeness (QED) is 0.652. The molecule has 0 amide bonds. The Hall–Kier alpha value is -4.04. The van der Waals surface area contributed by atoms with Crippen molar-refractivity contribution < 1.29 is 0 Å². The number of hydrogen-bond donors (Lipinski definition) is 2. The number of nitrogens with two attached hydrogens (primary N) is 1. The average molecular weight is 440 g/mol. The number of aliphatic imine (C=N–C) groups is 2. The van der Waals surface area contributed by atoms with Crippen molar-refractivity contribution >= 4 is 17.5 Å². The van der Waals surface area contributed by atoms with Crippen LogP contribution in [0.1, 0.15) is 25.0 Å². The number of aromatic nitrogens is 3. The number of imidazole rings is 1. The van der Waals surface area contributed by atoms with Crippen LogP contribution in [-0.4, -0.2) is 32.2 Å². The molecule has 1 atom stereocenters. The second kappa shape index (κ2) is 7.83. The number of rotatable bonds is 4. The second-order valence-electron chi connectivity index (χ2n) is 8.76. The van der Waals surface area contributed by atoms with E-state index in [1.165, 1.54) is 0 Å². The molecule has 1 aromatic carbocycles. The lowest BCUT2D eigenvalue weighted by molar-refractivity contribution is 0.554. The molecule has 0 saturated heterocycles. The van der Waals surface area contributed by atoms with Crippen LogP contribution in [0.25, 0.3) is 22.6 Å². The number of fused-ring (bicyclic) bond motifs is 1. The van der Waals surface area contributed by atoms with E-state index in [4.69, 9.17) is 5.73 Å². The van der Waals surface area contributed by atoms with Crippen LogP contribution in [-0.2, 0) is 12.6 Å². The maximum Gasteiger partial charge on any atom is 0.333 e. The first-order valence-corrected chi connectivity index (χ1v) is 10.7. The van der Waals surface area contributed by atoms with Gasteiger partial charge in [-0.3, -0.25) is 19.5 Å². The minimum Gasteiger partial charge on any atom is -0.364 e. The fourth-order valence-corrected chi connectivity index (χ4v) is 3.94. The summed E-state index contributed by atoms with van der Waals surface area (Å²) in [6.45, 7) is 3.91. The summed E-state index contributed by atoms with van der Waals surface area (Å²) in [6, 6.07) is 11.6. The summed E-state index contributed by atoms with van der Waals surface area (Å²) in [6.07, 6.45) is 10.7. The normalized spacial score (nSPS) is 17.3. The number of allylic oxidation sites excluding steroid dienone is 1. The van der Waals surface area contributed by atoms with Crippen LogP contribution >= 0.6 is 0 Å². The molecule has 2 aliphatic heterocycles. The highest BCUT2D eigenvalue weighted by molar-refractivity contribution is 6.21. The standard InChI is InChI=1S/C25H25N7O/c1-25(2,26)18-4-6-19(7-5-18)32-22(15-31(3)24(32)33)20-12-16(8-9-27-20)17-13-21-23(30-14-17)29-11-10-28-21/h4-15,23,29H,26H2,1-3H3. The molecule has 0 aliphatic carbocycles. The monoisotopic (exact) mass is 439 g/mol. The van der Waals surface area contributed by atoms with Crippen LogP contribution in [0.4, 0.5) is 0 Å². The molecule has 2 aromatic heterocycles. The number of benzene rings is 1. The molecule has 3 N–H and O–H groups in total. The Kier molecular flexibility index (Phi) is 4.94. The minimum absolute atomic E-state index is 0.146. The molecule has 33 heavy (non-hydrogen) atoms. The highest BCUT2D eigenvalue weighted by atomic mass is 16.1. The zero-order chi connectivity index (χ0) is 23.2. The Labute approximate surface area is 191 Å². The van der Waals surface area contributed by atoms with E-state index in [2.05, 4.69) is 20.3 Å². The van der Waals surface area contributed by atoms with Crippen LogP contribution in [0.2, 0.25) is 0 Å². The summed E-state index contributed by atoms with van der Waals surface area (Å²) in [7, 11) is 1.74. The molecule has 0 bridgehead atoms. The van der Waals surface area contributed by atoms with Crippen LogP contribution in [0.3, 0.4) is 0 Å². The molecule has 166 valence electrons. The Bertz CT molecular complexity index is 1400. The third-order valence-electron chi connectivity index (χ3n) is 5.77. The van der Waals surface area contributed by atoms with E-state index in [1.54, 1.807) is 41.0 Å².